The van der Waals surface area contributed by atoms with Gasteiger partial charge in [-0.1, -0.05) is 44.2 Å². The number of rotatable bonds is 7. The quantitative estimate of drug-likeness (QED) is 0.556. The second-order valence-corrected chi connectivity index (χ2v) is 11.5. The first-order chi connectivity index (χ1) is 17.8. The Balaban J connectivity index is 1.22. The first kappa shape index (κ1) is 26.1. The lowest BCUT2D eigenvalue weighted by Crippen LogP contribution is -2.63. The molecule has 1 saturated heterocycles. The van der Waals surface area contributed by atoms with Gasteiger partial charge in [-0.05, 0) is 72.8 Å². The fraction of sp³-hybridized carbons (Fsp3) is 0.567. The third-order valence-electron chi connectivity index (χ3n) is 9.17. The van der Waals surface area contributed by atoms with Crippen molar-refractivity contribution >= 4 is 5.91 Å². The van der Waals surface area contributed by atoms with Gasteiger partial charge in [0.05, 0.1) is 18.8 Å². The van der Waals surface area contributed by atoms with E-state index in [1.807, 2.05) is 30.3 Å². The molecule has 7 atom stereocenters. The number of aliphatic hydroxyl groups is 1. The molecule has 2 N–H and O–H groups in total. The number of nitrogens with one attached hydrogen (secondary N) is 1. The summed E-state index contributed by atoms with van der Waals surface area (Å²) in [4.78, 5) is 12.9. The zero-order valence-corrected chi connectivity index (χ0v) is 21.7. The molecular weight excluding hydrogens is 473 g/mol. The van der Waals surface area contributed by atoms with Crippen molar-refractivity contribution in [2.75, 3.05) is 13.2 Å². The van der Waals surface area contributed by atoms with Crippen LogP contribution in [0.25, 0.3) is 0 Å². The molecule has 6 nitrogen and oxygen atoms in total. The number of halogens is 1. The van der Waals surface area contributed by atoms with Crippen molar-refractivity contribution < 1.29 is 28.5 Å². The molecule has 1 amide bonds. The minimum Gasteiger partial charge on any atom is -0.488 e. The average molecular weight is 512 g/mol. The molecule has 3 fully saturated rings. The van der Waals surface area contributed by atoms with Crippen molar-refractivity contribution in [3.8, 4) is 5.75 Å². The summed E-state index contributed by atoms with van der Waals surface area (Å²) in [5, 5.41) is 14.0. The molecule has 37 heavy (non-hydrogen) atoms. The molecule has 7 heteroatoms. The van der Waals surface area contributed by atoms with E-state index in [2.05, 4.69) is 19.2 Å². The van der Waals surface area contributed by atoms with Gasteiger partial charge < -0.3 is 24.6 Å². The molecule has 2 aromatic rings. The molecular formula is C30H38FNO5. The lowest BCUT2D eigenvalue weighted by Gasteiger charge is -2.62. The van der Waals surface area contributed by atoms with E-state index in [0.717, 1.165) is 30.6 Å². The fourth-order valence-electron chi connectivity index (χ4n) is 7.13. The van der Waals surface area contributed by atoms with Gasteiger partial charge in [0.2, 0.25) is 5.91 Å². The standard InChI is InChI=1S/C30H38FNO5/c1-29-15-14-26-30(2,19-36-28(37-26)18-35-22-6-4-3-5-7-22)25(29)13-12-24(33)23(29)16-27(34)32-17-20-8-10-21(31)11-9-20/h3-11,23-26,28,33H,12-19H2,1-2H3,(H,32,34)/t23-,24-,25?,26-,28-,29+,30+/m1/s1. The molecule has 0 spiro atoms. The van der Waals surface area contributed by atoms with Crippen LogP contribution in [0.3, 0.4) is 0 Å². The Morgan fingerprint density at radius 2 is 1.84 bits per heavy atom. The summed E-state index contributed by atoms with van der Waals surface area (Å²) in [6.07, 6.45) is 2.68. The van der Waals surface area contributed by atoms with Gasteiger partial charge in [-0.15, -0.1) is 0 Å². The van der Waals surface area contributed by atoms with E-state index in [1.165, 1.54) is 12.1 Å². The Bertz CT molecular complexity index is 1070. The fourth-order valence-corrected chi connectivity index (χ4v) is 7.13. The SMILES string of the molecule is C[C@@]12CO[C@@H](COc3ccccc3)O[C@@H]1CC[C@]1(C)C2CC[C@@H](O)[C@H]1CC(=O)NCc1ccc(F)cc1. The highest BCUT2D eigenvalue weighted by Crippen LogP contribution is 2.62. The minimum atomic E-state index is -0.518. The van der Waals surface area contributed by atoms with Crippen LogP contribution in [0.5, 0.6) is 5.75 Å². The predicted octanol–water partition coefficient (Wildman–Crippen LogP) is 4.85. The molecule has 0 aromatic heterocycles. The number of fused-ring (bicyclic) bond motifs is 3. The van der Waals surface area contributed by atoms with E-state index >= 15 is 0 Å². The number of amides is 1. The van der Waals surface area contributed by atoms with Crippen molar-refractivity contribution in [3.05, 3.63) is 66.0 Å². The first-order valence-corrected chi connectivity index (χ1v) is 13.4. The summed E-state index contributed by atoms with van der Waals surface area (Å²) in [6.45, 7) is 5.74. The third kappa shape index (κ3) is 5.40. The van der Waals surface area contributed by atoms with Crippen molar-refractivity contribution in [3.63, 3.8) is 0 Å². The summed E-state index contributed by atoms with van der Waals surface area (Å²) >= 11 is 0. The second-order valence-electron chi connectivity index (χ2n) is 11.5. The van der Waals surface area contributed by atoms with Crippen LogP contribution in [-0.4, -0.2) is 42.7 Å². The van der Waals surface area contributed by atoms with Gasteiger partial charge in [0.1, 0.15) is 18.2 Å². The van der Waals surface area contributed by atoms with Crippen LogP contribution in [0.1, 0.15) is 51.5 Å². The monoisotopic (exact) mass is 511 g/mol. The van der Waals surface area contributed by atoms with E-state index in [1.54, 1.807) is 12.1 Å². The Hall–Kier alpha value is -2.48. The first-order valence-electron chi connectivity index (χ1n) is 13.4. The van der Waals surface area contributed by atoms with Crippen LogP contribution in [0.2, 0.25) is 0 Å². The number of para-hydroxylation sites is 1. The molecule has 2 saturated carbocycles. The summed E-state index contributed by atoms with van der Waals surface area (Å²) in [5.41, 5.74) is 0.452. The van der Waals surface area contributed by atoms with Crippen LogP contribution in [0, 0.1) is 28.5 Å². The smallest absolute Gasteiger partial charge is 0.220 e. The maximum Gasteiger partial charge on any atom is 0.220 e. The summed E-state index contributed by atoms with van der Waals surface area (Å²) in [5.74, 6) is 0.538. The van der Waals surface area contributed by atoms with Gasteiger partial charge in [0.25, 0.3) is 0 Å². The van der Waals surface area contributed by atoms with Crippen molar-refractivity contribution in [2.24, 2.45) is 22.7 Å². The van der Waals surface area contributed by atoms with E-state index in [0.29, 0.717) is 26.2 Å². The molecule has 0 radical (unpaired) electrons. The summed E-state index contributed by atoms with van der Waals surface area (Å²) < 4.78 is 31.7. The minimum absolute atomic E-state index is 0.0480. The zero-order valence-electron chi connectivity index (χ0n) is 21.7. The van der Waals surface area contributed by atoms with Gasteiger partial charge in [0.15, 0.2) is 6.29 Å². The Morgan fingerprint density at radius 1 is 1.08 bits per heavy atom. The number of hydrogen-bond acceptors (Lipinski definition) is 5. The summed E-state index contributed by atoms with van der Waals surface area (Å²) in [6, 6.07) is 15.8. The van der Waals surface area contributed by atoms with Crippen LogP contribution < -0.4 is 10.1 Å². The normalized spacial score (nSPS) is 35.2. The topological polar surface area (TPSA) is 77.0 Å². The second kappa shape index (κ2) is 10.7. The van der Waals surface area contributed by atoms with E-state index in [9.17, 15) is 14.3 Å². The number of benzene rings is 2. The molecule has 2 aliphatic carbocycles. The molecule has 2 aromatic carbocycles. The number of ether oxygens (including phenoxy) is 3. The van der Waals surface area contributed by atoms with Gasteiger partial charge in [-0.2, -0.15) is 0 Å². The largest absolute Gasteiger partial charge is 0.488 e. The van der Waals surface area contributed by atoms with E-state index in [4.69, 9.17) is 14.2 Å². The van der Waals surface area contributed by atoms with Crippen molar-refractivity contribution in [1.29, 1.82) is 0 Å². The van der Waals surface area contributed by atoms with Gasteiger partial charge in [-0.25, -0.2) is 4.39 Å². The Morgan fingerprint density at radius 3 is 2.59 bits per heavy atom. The Kier molecular flexibility index (Phi) is 7.57. The van der Waals surface area contributed by atoms with Crippen LogP contribution in [0.15, 0.2) is 54.6 Å². The molecule has 1 unspecified atom stereocenters. The highest BCUT2D eigenvalue weighted by atomic mass is 19.1. The van der Waals surface area contributed by atoms with Gasteiger partial charge >= 0.3 is 0 Å². The van der Waals surface area contributed by atoms with E-state index in [-0.39, 0.29) is 46.9 Å². The lowest BCUT2D eigenvalue weighted by atomic mass is 9.46. The number of carbonyl (C=O) groups is 1. The number of hydrogen-bond donors (Lipinski definition) is 2. The van der Waals surface area contributed by atoms with Crippen molar-refractivity contribution in [1.82, 2.24) is 5.32 Å². The van der Waals surface area contributed by atoms with Crippen molar-refractivity contribution in [2.45, 2.75) is 71.0 Å². The van der Waals surface area contributed by atoms with Crippen LogP contribution in [-0.2, 0) is 20.8 Å². The number of aliphatic hydroxyl groups excluding tert-OH is 1. The molecule has 1 heterocycles. The van der Waals surface area contributed by atoms with Gasteiger partial charge in [0, 0.05) is 18.4 Å². The highest BCUT2D eigenvalue weighted by molar-refractivity contribution is 5.76. The van der Waals surface area contributed by atoms with Crippen LogP contribution in [0.4, 0.5) is 4.39 Å². The number of carbonyl (C=O) groups excluding carboxylic acids is 1. The maximum atomic E-state index is 13.2. The highest BCUT2D eigenvalue weighted by Gasteiger charge is 2.61. The Labute approximate surface area is 218 Å². The maximum absolute atomic E-state index is 13.2. The summed E-state index contributed by atoms with van der Waals surface area (Å²) in [7, 11) is 0. The third-order valence-corrected chi connectivity index (χ3v) is 9.17. The molecule has 1 aliphatic heterocycles. The molecule has 5 rings (SSSR count). The zero-order chi connectivity index (χ0) is 26.0. The molecule has 3 aliphatic rings. The lowest BCUT2D eigenvalue weighted by molar-refractivity contribution is -0.313. The predicted molar refractivity (Wildman–Crippen MR) is 137 cm³/mol. The van der Waals surface area contributed by atoms with E-state index < -0.39 is 12.4 Å². The van der Waals surface area contributed by atoms with Crippen LogP contribution >= 0.6 is 0 Å². The molecule has 200 valence electrons. The average Bonchev–Trinajstić information content (AvgIpc) is 2.90. The van der Waals surface area contributed by atoms with Gasteiger partial charge in [-0.3, -0.25) is 4.79 Å². The molecule has 0 bridgehead atoms.